The minimum atomic E-state index is 0.362. The molecule has 16 heavy (non-hydrogen) atoms. The van der Waals surface area contributed by atoms with Crippen molar-refractivity contribution in [1.82, 2.24) is 5.32 Å². The Morgan fingerprint density at radius 1 is 1.12 bits per heavy atom. The van der Waals surface area contributed by atoms with E-state index in [1.54, 1.807) is 0 Å². The number of rotatable bonds is 2. The Morgan fingerprint density at radius 2 is 1.94 bits per heavy atom. The SMILES string of the molecule is NC(=NC1CCCCC1)NC1CCCOC1. The maximum Gasteiger partial charge on any atom is 0.189 e. The molecule has 92 valence electrons. The highest BCUT2D eigenvalue weighted by molar-refractivity contribution is 5.78. The summed E-state index contributed by atoms with van der Waals surface area (Å²) in [6.45, 7) is 1.65. The Hall–Kier alpha value is -0.770. The van der Waals surface area contributed by atoms with Gasteiger partial charge in [-0.2, -0.15) is 0 Å². The zero-order valence-corrected chi connectivity index (χ0v) is 9.95. The van der Waals surface area contributed by atoms with Crippen LogP contribution in [0.2, 0.25) is 0 Å². The molecule has 0 aromatic heterocycles. The fourth-order valence-corrected chi connectivity index (χ4v) is 2.51. The molecule has 1 aliphatic heterocycles. The molecule has 0 aromatic carbocycles. The lowest BCUT2D eigenvalue weighted by Gasteiger charge is -2.24. The average Bonchev–Trinajstić information content (AvgIpc) is 2.31. The first-order valence-corrected chi connectivity index (χ1v) is 6.52. The molecule has 1 saturated carbocycles. The molecule has 0 amide bonds. The van der Waals surface area contributed by atoms with Crippen molar-refractivity contribution < 1.29 is 4.74 Å². The number of hydrogen-bond acceptors (Lipinski definition) is 2. The van der Waals surface area contributed by atoms with Gasteiger partial charge >= 0.3 is 0 Å². The highest BCUT2D eigenvalue weighted by Gasteiger charge is 2.16. The molecule has 2 rings (SSSR count). The first-order valence-electron chi connectivity index (χ1n) is 6.52. The lowest BCUT2D eigenvalue weighted by atomic mass is 9.96. The number of aliphatic imine (C=N–C) groups is 1. The molecule has 0 bridgehead atoms. The molecule has 4 nitrogen and oxygen atoms in total. The Labute approximate surface area is 97.6 Å². The topological polar surface area (TPSA) is 59.6 Å². The molecule has 1 saturated heterocycles. The summed E-state index contributed by atoms with van der Waals surface area (Å²) in [5.74, 6) is 0.613. The number of ether oxygens (including phenoxy) is 1. The second-order valence-corrected chi connectivity index (χ2v) is 4.86. The van der Waals surface area contributed by atoms with Crippen LogP contribution < -0.4 is 11.1 Å². The first kappa shape index (κ1) is 11.7. The predicted molar refractivity (Wildman–Crippen MR) is 65.5 cm³/mol. The normalized spacial score (nSPS) is 29.0. The standard InChI is InChI=1S/C12H23N3O/c13-12(14-10-5-2-1-3-6-10)15-11-7-4-8-16-9-11/h10-11H,1-9H2,(H3,13,14,15). The molecular formula is C12H23N3O. The van der Waals surface area contributed by atoms with E-state index in [1.807, 2.05) is 0 Å². The van der Waals surface area contributed by atoms with Gasteiger partial charge in [-0.25, -0.2) is 0 Å². The van der Waals surface area contributed by atoms with Crippen LogP contribution in [0.1, 0.15) is 44.9 Å². The quantitative estimate of drug-likeness (QED) is 0.551. The fourth-order valence-electron chi connectivity index (χ4n) is 2.51. The fraction of sp³-hybridized carbons (Fsp3) is 0.917. The molecule has 0 aromatic rings. The van der Waals surface area contributed by atoms with E-state index in [0.717, 1.165) is 26.1 Å². The van der Waals surface area contributed by atoms with Crippen molar-refractivity contribution in [2.45, 2.75) is 57.0 Å². The van der Waals surface area contributed by atoms with E-state index in [0.29, 0.717) is 18.0 Å². The van der Waals surface area contributed by atoms with Gasteiger partial charge in [-0.15, -0.1) is 0 Å². The average molecular weight is 225 g/mol. The van der Waals surface area contributed by atoms with Gasteiger partial charge in [0.05, 0.1) is 18.7 Å². The summed E-state index contributed by atoms with van der Waals surface area (Å²) < 4.78 is 5.40. The molecule has 1 aliphatic carbocycles. The molecule has 1 unspecified atom stereocenters. The molecule has 0 spiro atoms. The summed E-state index contributed by atoms with van der Waals surface area (Å²) in [5, 5.41) is 3.27. The van der Waals surface area contributed by atoms with Crippen LogP contribution >= 0.6 is 0 Å². The van der Waals surface area contributed by atoms with Crippen molar-refractivity contribution in [3.63, 3.8) is 0 Å². The predicted octanol–water partition coefficient (Wildman–Crippen LogP) is 1.40. The highest BCUT2D eigenvalue weighted by atomic mass is 16.5. The smallest absolute Gasteiger partial charge is 0.189 e. The lowest BCUT2D eigenvalue weighted by molar-refractivity contribution is 0.0762. The van der Waals surface area contributed by atoms with Crippen molar-refractivity contribution in [2.24, 2.45) is 10.7 Å². The lowest BCUT2D eigenvalue weighted by Crippen LogP contribution is -2.45. The van der Waals surface area contributed by atoms with Gasteiger partial charge in [0.25, 0.3) is 0 Å². The van der Waals surface area contributed by atoms with Crippen LogP contribution in [-0.2, 0) is 4.74 Å². The number of guanidine groups is 1. The molecule has 2 aliphatic rings. The second-order valence-electron chi connectivity index (χ2n) is 4.86. The number of nitrogens with two attached hydrogens (primary N) is 1. The summed E-state index contributed by atoms with van der Waals surface area (Å²) in [7, 11) is 0. The second kappa shape index (κ2) is 6.09. The Morgan fingerprint density at radius 3 is 2.62 bits per heavy atom. The highest BCUT2D eigenvalue weighted by Crippen LogP contribution is 2.20. The van der Waals surface area contributed by atoms with Gasteiger partial charge < -0.3 is 15.8 Å². The zero-order valence-electron chi connectivity index (χ0n) is 9.95. The van der Waals surface area contributed by atoms with Crippen LogP contribution in [0.25, 0.3) is 0 Å². The van der Waals surface area contributed by atoms with E-state index in [9.17, 15) is 0 Å². The van der Waals surface area contributed by atoms with E-state index in [2.05, 4.69) is 10.3 Å². The van der Waals surface area contributed by atoms with Gasteiger partial charge in [0.2, 0.25) is 0 Å². The third-order valence-corrected chi connectivity index (χ3v) is 3.41. The van der Waals surface area contributed by atoms with Crippen LogP contribution in [0.3, 0.4) is 0 Å². The van der Waals surface area contributed by atoms with Crippen LogP contribution in [-0.4, -0.2) is 31.3 Å². The molecule has 2 fully saturated rings. The maximum atomic E-state index is 5.92. The van der Waals surface area contributed by atoms with Crippen LogP contribution in [0.5, 0.6) is 0 Å². The van der Waals surface area contributed by atoms with Crippen LogP contribution in [0, 0.1) is 0 Å². The van der Waals surface area contributed by atoms with Gasteiger partial charge in [-0.3, -0.25) is 4.99 Å². The molecule has 4 heteroatoms. The number of nitrogens with zero attached hydrogens (tertiary/aromatic N) is 1. The molecule has 1 atom stereocenters. The van der Waals surface area contributed by atoms with Gasteiger partial charge in [0.1, 0.15) is 0 Å². The van der Waals surface area contributed by atoms with Crippen LogP contribution in [0.4, 0.5) is 0 Å². The van der Waals surface area contributed by atoms with E-state index >= 15 is 0 Å². The Kier molecular flexibility index (Phi) is 4.45. The van der Waals surface area contributed by atoms with Crippen LogP contribution in [0.15, 0.2) is 4.99 Å². The molecule has 3 N–H and O–H groups in total. The third kappa shape index (κ3) is 3.67. The van der Waals surface area contributed by atoms with Crippen molar-refractivity contribution in [2.75, 3.05) is 13.2 Å². The summed E-state index contributed by atoms with van der Waals surface area (Å²) >= 11 is 0. The molecular weight excluding hydrogens is 202 g/mol. The largest absolute Gasteiger partial charge is 0.379 e. The van der Waals surface area contributed by atoms with Crippen molar-refractivity contribution in [3.05, 3.63) is 0 Å². The zero-order chi connectivity index (χ0) is 11.2. The summed E-state index contributed by atoms with van der Waals surface area (Å²) in [4.78, 5) is 4.56. The van der Waals surface area contributed by atoms with Crippen molar-refractivity contribution >= 4 is 5.96 Å². The Bertz CT molecular complexity index is 230. The maximum absolute atomic E-state index is 5.92. The van der Waals surface area contributed by atoms with E-state index in [1.165, 1.54) is 32.1 Å². The summed E-state index contributed by atoms with van der Waals surface area (Å²) in [5.41, 5.74) is 5.92. The third-order valence-electron chi connectivity index (χ3n) is 3.41. The minimum Gasteiger partial charge on any atom is -0.379 e. The van der Waals surface area contributed by atoms with Crippen molar-refractivity contribution in [3.8, 4) is 0 Å². The van der Waals surface area contributed by atoms with E-state index in [4.69, 9.17) is 10.5 Å². The number of hydrogen-bond donors (Lipinski definition) is 2. The van der Waals surface area contributed by atoms with Gasteiger partial charge in [0.15, 0.2) is 5.96 Å². The van der Waals surface area contributed by atoms with E-state index in [-0.39, 0.29) is 0 Å². The summed E-state index contributed by atoms with van der Waals surface area (Å²) in [6, 6.07) is 0.812. The van der Waals surface area contributed by atoms with Gasteiger partial charge in [0, 0.05) is 6.61 Å². The minimum absolute atomic E-state index is 0.362. The Balaban J connectivity index is 1.76. The molecule has 0 radical (unpaired) electrons. The van der Waals surface area contributed by atoms with Crippen molar-refractivity contribution in [1.29, 1.82) is 0 Å². The summed E-state index contributed by atoms with van der Waals surface area (Å²) in [6.07, 6.45) is 8.61. The monoisotopic (exact) mass is 225 g/mol. The van der Waals surface area contributed by atoms with Gasteiger partial charge in [-0.1, -0.05) is 19.3 Å². The van der Waals surface area contributed by atoms with Gasteiger partial charge in [-0.05, 0) is 25.7 Å². The molecule has 1 heterocycles. The van der Waals surface area contributed by atoms with E-state index < -0.39 is 0 Å². The number of nitrogens with one attached hydrogen (secondary N) is 1. The first-order chi connectivity index (χ1) is 7.84.